The summed E-state index contributed by atoms with van der Waals surface area (Å²) in [5.74, 6) is 0.103. The standard InChI is InChI=1S/C21H31N3O2.ClH/c1-20(2)15-17(16-21(3,4)24(20)26)14-19(25)23-12-10-22(11-13-23)18-8-6-5-7-9-18;/h5-9,14,26H,10-13,15-16H2,1-4H3;1H. The topological polar surface area (TPSA) is 47.0 Å². The molecule has 1 aromatic carbocycles. The van der Waals surface area contributed by atoms with E-state index < -0.39 is 0 Å². The van der Waals surface area contributed by atoms with Gasteiger partial charge in [0.25, 0.3) is 0 Å². The van der Waals surface area contributed by atoms with E-state index in [-0.39, 0.29) is 29.4 Å². The van der Waals surface area contributed by atoms with E-state index in [9.17, 15) is 10.0 Å². The predicted molar refractivity (Wildman–Crippen MR) is 112 cm³/mol. The highest BCUT2D eigenvalue weighted by Crippen LogP contribution is 2.39. The zero-order valence-electron chi connectivity index (χ0n) is 16.8. The van der Waals surface area contributed by atoms with Crippen LogP contribution in [0.25, 0.3) is 0 Å². The first kappa shape index (κ1) is 21.7. The third-order valence-electron chi connectivity index (χ3n) is 5.51. The molecule has 0 bridgehead atoms. The van der Waals surface area contributed by atoms with Crippen molar-refractivity contribution in [2.24, 2.45) is 0 Å². The number of nitrogens with zero attached hydrogens (tertiary/aromatic N) is 3. The third-order valence-corrected chi connectivity index (χ3v) is 5.51. The van der Waals surface area contributed by atoms with Gasteiger partial charge in [-0.1, -0.05) is 23.8 Å². The molecule has 1 amide bonds. The average Bonchev–Trinajstić information content (AvgIpc) is 2.60. The van der Waals surface area contributed by atoms with Crippen molar-refractivity contribution in [3.63, 3.8) is 0 Å². The van der Waals surface area contributed by atoms with Crippen LogP contribution in [-0.4, -0.2) is 58.3 Å². The number of carbonyl (C=O) groups excluding carboxylic acids is 1. The Morgan fingerprint density at radius 3 is 2.00 bits per heavy atom. The van der Waals surface area contributed by atoms with E-state index >= 15 is 0 Å². The van der Waals surface area contributed by atoms with Crippen LogP contribution in [0.3, 0.4) is 0 Å². The Labute approximate surface area is 169 Å². The molecule has 1 aromatic rings. The van der Waals surface area contributed by atoms with Gasteiger partial charge in [0.05, 0.1) is 0 Å². The first-order chi connectivity index (χ1) is 12.2. The van der Waals surface area contributed by atoms with Crippen LogP contribution < -0.4 is 4.90 Å². The zero-order valence-corrected chi connectivity index (χ0v) is 17.6. The molecule has 1 N–H and O–H groups in total. The van der Waals surface area contributed by atoms with Gasteiger partial charge in [-0.2, -0.15) is 5.06 Å². The second-order valence-corrected chi connectivity index (χ2v) is 8.74. The Bertz CT molecular complexity index is 660. The Morgan fingerprint density at radius 2 is 1.48 bits per heavy atom. The molecule has 2 heterocycles. The first-order valence-corrected chi connectivity index (χ1v) is 9.47. The van der Waals surface area contributed by atoms with Crippen LogP contribution in [0.1, 0.15) is 40.5 Å². The maximum absolute atomic E-state index is 12.8. The maximum Gasteiger partial charge on any atom is 0.246 e. The molecule has 2 aliphatic heterocycles. The minimum Gasteiger partial charge on any atom is -0.368 e. The molecule has 0 saturated carbocycles. The van der Waals surface area contributed by atoms with E-state index in [0.717, 1.165) is 31.8 Å². The molecule has 0 aromatic heterocycles. The maximum atomic E-state index is 12.8. The summed E-state index contributed by atoms with van der Waals surface area (Å²) in [6, 6.07) is 10.4. The van der Waals surface area contributed by atoms with Gasteiger partial charge in [0, 0.05) is 49.0 Å². The molecule has 0 radical (unpaired) electrons. The van der Waals surface area contributed by atoms with E-state index in [1.54, 1.807) is 0 Å². The summed E-state index contributed by atoms with van der Waals surface area (Å²) in [4.78, 5) is 17.0. The Balaban J connectivity index is 0.00000261. The lowest BCUT2D eigenvalue weighted by molar-refractivity contribution is -0.232. The zero-order chi connectivity index (χ0) is 18.9. The van der Waals surface area contributed by atoms with Gasteiger partial charge in [-0.25, -0.2) is 0 Å². The van der Waals surface area contributed by atoms with Gasteiger partial charge >= 0.3 is 0 Å². The molecule has 0 atom stereocenters. The van der Waals surface area contributed by atoms with Crippen molar-refractivity contribution in [2.75, 3.05) is 31.1 Å². The summed E-state index contributed by atoms with van der Waals surface area (Å²) in [5, 5.41) is 11.9. The van der Waals surface area contributed by atoms with Crippen LogP contribution in [0, 0.1) is 0 Å². The van der Waals surface area contributed by atoms with Crippen LogP contribution >= 0.6 is 12.4 Å². The number of halogens is 1. The highest BCUT2D eigenvalue weighted by Gasteiger charge is 2.43. The van der Waals surface area contributed by atoms with Crippen LogP contribution in [-0.2, 0) is 4.79 Å². The number of carbonyl (C=O) groups is 1. The quantitative estimate of drug-likeness (QED) is 0.778. The number of piperidine rings is 1. The van der Waals surface area contributed by atoms with Crippen LogP contribution in [0.5, 0.6) is 0 Å². The van der Waals surface area contributed by atoms with Crippen LogP contribution in [0.15, 0.2) is 42.0 Å². The van der Waals surface area contributed by atoms with E-state index in [1.165, 1.54) is 10.8 Å². The van der Waals surface area contributed by atoms with E-state index in [1.807, 2.05) is 56.9 Å². The minimum absolute atomic E-state index is 0. The summed E-state index contributed by atoms with van der Waals surface area (Å²) in [6.45, 7) is 11.3. The van der Waals surface area contributed by atoms with Crippen LogP contribution in [0.4, 0.5) is 5.69 Å². The second-order valence-electron chi connectivity index (χ2n) is 8.74. The van der Waals surface area contributed by atoms with Gasteiger partial charge in [0.2, 0.25) is 5.91 Å². The summed E-state index contributed by atoms with van der Waals surface area (Å²) >= 11 is 0. The van der Waals surface area contributed by atoms with E-state index in [2.05, 4.69) is 17.0 Å². The summed E-state index contributed by atoms with van der Waals surface area (Å²) in [7, 11) is 0. The van der Waals surface area contributed by atoms with Gasteiger partial charge in [-0.3, -0.25) is 4.79 Å². The van der Waals surface area contributed by atoms with Crippen molar-refractivity contribution in [2.45, 2.75) is 51.6 Å². The molecule has 6 heteroatoms. The number of benzene rings is 1. The molecule has 0 unspecified atom stereocenters. The number of anilines is 1. The van der Waals surface area contributed by atoms with Gasteiger partial charge in [-0.05, 0) is 52.7 Å². The normalized spacial score (nSPS) is 22.2. The molecule has 0 aliphatic carbocycles. The van der Waals surface area contributed by atoms with Crippen molar-refractivity contribution < 1.29 is 10.0 Å². The van der Waals surface area contributed by atoms with Crippen molar-refractivity contribution in [1.82, 2.24) is 9.96 Å². The molecule has 2 aliphatic rings. The minimum atomic E-state index is -0.361. The Hall–Kier alpha value is -1.56. The van der Waals surface area contributed by atoms with E-state index in [0.29, 0.717) is 12.8 Å². The molecule has 5 nitrogen and oxygen atoms in total. The largest absolute Gasteiger partial charge is 0.368 e. The monoisotopic (exact) mass is 393 g/mol. The van der Waals surface area contributed by atoms with Crippen molar-refractivity contribution >= 4 is 24.0 Å². The van der Waals surface area contributed by atoms with Crippen molar-refractivity contribution in [1.29, 1.82) is 0 Å². The SMILES string of the molecule is CC1(C)CC(=CC(=O)N2CCN(c3ccccc3)CC2)CC(C)(C)N1O.Cl. The van der Waals surface area contributed by atoms with Gasteiger partial charge < -0.3 is 15.0 Å². The third kappa shape index (κ3) is 4.84. The Kier molecular flexibility index (Phi) is 6.61. The lowest BCUT2D eigenvalue weighted by Crippen LogP contribution is -2.57. The lowest BCUT2D eigenvalue weighted by atomic mass is 9.78. The summed E-state index contributed by atoms with van der Waals surface area (Å²) < 4.78 is 0. The van der Waals surface area contributed by atoms with E-state index in [4.69, 9.17) is 0 Å². The number of hydrogen-bond acceptors (Lipinski definition) is 4. The van der Waals surface area contributed by atoms with Crippen molar-refractivity contribution in [3.8, 4) is 0 Å². The highest BCUT2D eigenvalue weighted by atomic mass is 35.5. The smallest absolute Gasteiger partial charge is 0.246 e. The molecule has 0 spiro atoms. The summed E-state index contributed by atoms with van der Waals surface area (Å²) in [5.41, 5.74) is 1.62. The number of amides is 1. The Morgan fingerprint density at radius 1 is 0.963 bits per heavy atom. The molecule has 2 fully saturated rings. The average molecular weight is 394 g/mol. The number of hydrogen-bond donors (Lipinski definition) is 1. The van der Waals surface area contributed by atoms with Crippen molar-refractivity contribution in [3.05, 3.63) is 42.0 Å². The second kappa shape index (κ2) is 8.21. The number of rotatable bonds is 2. The molecular formula is C21H32ClN3O2. The van der Waals surface area contributed by atoms with Gasteiger partial charge in [-0.15, -0.1) is 12.4 Å². The number of piperazine rings is 1. The molecule has 150 valence electrons. The summed E-state index contributed by atoms with van der Waals surface area (Å²) in [6.07, 6.45) is 3.24. The molecular weight excluding hydrogens is 362 g/mol. The molecule has 2 saturated heterocycles. The highest BCUT2D eigenvalue weighted by molar-refractivity contribution is 5.88. The fraction of sp³-hybridized carbons (Fsp3) is 0.571. The van der Waals surface area contributed by atoms with Gasteiger partial charge in [0.1, 0.15) is 0 Å². The predicted octanol–water partition coefficient (Wildman–Crippen LogP) is 3.73. The fourth-order valence-electron chi connectivity index (χ4n) is 4.33. The molecule has 3 rings (SSSR count). The molecule has 27 heavy (non-hydrogen) atoms. The fourth-order valence-corrected chi connectivity index (χ4v) is 4.33. The number of hydroxylamine groups is 2. The van der Waals surface area contributed by atoms with Crippen LogP contribution in [0.2, 0.25) is 0 Å². The number of para-hydroxylation sites is 1. The lowest BCUT2D eigenvalue weighted by Gasteiger charge is -2.49. The van der Waals surface area contributed by atoms with Gasteiger partial charge in [0.15, 0.2) is 0 Å². The first-order valence-electron chi connectivity index (χ1n) is 9.47.